The number of furan rings is 1. The molecule has 1 aliphatic heterocycles. The van der Waals surface area contributed by atoms with Crippen molar-refractivity contribution in [1.82, 2.24) is 14.8 Å². The number of nitrogens with zero attached hydrogens (tertiary/aromatic N) is 3. The van der Waals surface area contributed by atoms with Gasteiger partial charge in [-0.3, -0.25) is 4.79 Å². The van der Waals surface area contributed by atoms with Crippen molar-refractivity contribution >= 4 is 11.7 Å². The highest BCUT2D eigenvalue weighted by Crippen LogP contribution is 2.44. The Balaban J connectivity index is 1.65. The quantitative estimate of drug-likeness (QED) is 0.750. The van der Waals surface area contributed by atoms with E-state index in [1.54, 1.807) is 12.3 Å². The maximum Gasteiger partial charge on any atom is 0.226 e. The van der Waals surface area contributed by atoms with E-state index >= 15 is 0 Å². The summed E-state index contributed by atoms with van der Waals surface area (Å²) in [4.78, 5) is 17.2. The average Bonchev–Trinajstić information content (AvgIpc) is 3.30. The van der Waals surface area contributed by atoms with Gasteiger partial charge >= 0.3 is 0 Å². The van der Waals surface area contributed by atoms with E-state index < -0.39 is 23.6 Å². The summed E-state index contributed by atoms with van der Waals surface area (Å²) < 4.78 is 34.6. The molecule has 0 bridgehead atoms. The number of benzene rings is 1. The fourth-order valence-corrected chi connectivity index (χ4v) is 3.94. The largest absolute Gasteiger partial charge is 0.469 e. The monoisotopic (exact) mass is 368 g/mol. The number of anilines is 1. The van der Waals surface area contributed by atoms with Gasteiger partial charge in [0.05, 0.1) is 18.2 Å². The second-order valence-corrected chi connectivity index (χ2v) is 6.69. The summed E-state index contributed by atoms with van der Waals surface area (Å²) >= 11 is 0. The Morgan fingerprint density at radius 3 is 2.78 bits per heavy atom. The molecule has 0 amide bonds. The topological polar surface area (TPSA) is 73.0 Å². The lowest BCUT2D eigenvalue weighted by Gasteiger charge is -2.37. The molecule has 0 saturated carbocycles. The fraction of sp³-hybridized carbons (Fsp3) is 0.211. The van der Waals surface area contributed by atoms with Crippen molar-refractivity contribution in [2.24, 2.45) is 5.92 Å². The van der Waals surface area contributed by atoms with Crippen LogP contribution in [0.1, 0.15) is 29.7 Å². The van der Waals surface area contributed by atoms with E-state index in [4.69, 9.17) is 4.42 Å². The second-order valence-electron chi connectivity index (χ2n) is 6.69. The van der Waals surface area contributed by atoms with E-state index in [-0.39, 0.29) is 18.1 Å². The molecule has 3 heterocycles. The number of fused-ring (bicyclic) bond motifs is 2. The van der Waals surface area contributed by atoms with Crippen molar-refractivity contribution in [2.75, 3.05) is 5.32 Å². The highest BCUT2D eigenvalue weighted by atomic mass is 19.1. The van der Waals surface area contributed by atoms with Crippen molar-refractivity contribution in [2.45, 2.75) is 18.4 Å². The van der Waals surface area contributed by atoms with Gasteiger partial charge in [-0.05, 0) is 29.8 Å². The summed E-state index contributed by atoms with van der Waals surface area (Å²) in [6.07, 6.45) is 5.07. The molecule has 0 radical (unpaired) electrons. The van der Waals surface area contributed by atoms with Crippen LogP contribution in [0.25, 0.3) is 0 Å². The van der Waals surface area contributed by atoms with Crippen LogP contribution in [-0.4, -0.2) is 20.5 Å². The van der Waals surface area contributed by atoms with E-state index in [0.29, 0.717) is 23.0 Å². The van der Waals surface area contributed by atoms with Gasteiger partial charge in [0, 0.05) is 24.1 Å². The normalized spacial score (nSPS) is 24.0. The lowest BCUT2D eigenvalue weighted by molar-refractivity contribution is -0.123. The highest BCUT2D eigenvalue weighted by molar-refractivity contribution is 5.88. The van der Waals surface area contributed by atoms with Crippen LogP contribution < -0.4 is 5.32 Å². The van der Waals surface area contributed by atoms with Gasteiger partial charge in [0.25, 0.3) is 0 Å². The van der Waals surface area contributed by atoms with Gasteiger partial charge in [-0.1, -0.05) is 6.08 Å². The fourth-order valence-electron chi connectivity index (χ4n) is 3.94. The van der Waals surface area contributed by atoms with Gasteiger partial charge in [0.1, 0.15) is 29.5 Å². The number of halogens is 2. The van der Waals surface area contributed by atoms with Gasteiger partial charge in [-0.25, -0.2) is 13.5 Å². The average molecular weight is 368 g/mol. The van der Waals surface area contributed by atoms with Crippen molar-refractivity contribution in [3.63, 3.8) is 0 Å². The molecule has 1 aromatic carbocycles. The maximum atomic E-state index is 13.8. The first-order valence-corrected chi connectivity index (χ1v) is 8.50. The first kappa shape index (κ1) is 15.9. The molecule has 6 nitrogen and oxygen atoms in total. The Labute approximate surface area is 152 Å². The number of aromatic nitrogens is 3. The molecule has 0 fully saturated rings. The van der Waals surface area contributed by atoms with Crippen LogP contribution >= 0.6 is 0 Å². The Kier molecular flexibility index (Phi) is 3.46. The van der Waals surface area contributed by atoms with Crippen LogP contribution in [0.4, 0.5) is 14.7 Å². The standard InChI is InChI=1S/C19H14F2N4O2/c20-12-4-11(5-13(21)8-12)18-17-14(24-19-22-9-23-25(18)19)6-10(7-15(17)26)16-2-1-3-27-16/h1-6,8-10,17-18H,7H2,(H,22,23,24)/t10-,17-,18-/m1/s1. The molecule has 8 heteroatoms. The van der Waals surface area contributed by atoms with Gasteiger partial charge in [0.15, 0.2) is 0 Å². The number of hydrogen-bond donors (Lipinski definition) is 1. The molecule has 3 atom stereocenters. The summed E-state index contributed by atoms with van der Waals surface area (Å²) in [5.41, 5.74) is 0.976. The van der Waals surface area contributed by atoms with Crippen molar-refractivity contribution in [3.05, 3.63) is 77.7 Å². The predicted octanol–water partition coefficient (Wildman–Crippen LogP) is 3.42. The lowest BCUT2D eigenvalue weighted by atomic mass is 9.77. The van der Waals surface area contributed by atoms with Crippen LogP contribution in [-0.2, 0) is 4.79 Å². The number of carbonyl (C=O) groups excluding carboxylic acids is 1. The molecule has 1 N–H and O–H groups in total. The van der Waals surface area contributed by atoms with E-state index in [1.165, 1.54) is 23.1 Å². The third-order valence-electron chi connectivity index (χ3n) is 5.03. The number of Topliss-reactive ketones (excluding diaryl/α,β-unsaturated/α-hetero) is 1. The predicted molar refractivity (Wildman–Crippen MR) is 90.8 cm³/mol. The summed E-state index contributed by atoms with van der Waals surface area (Å²) in [5.74, 6) is -1.19. The molecule has 3 aromatic rings. The van der Waals surface area contributed by atoms with Crippen LogP contribution in [0.15, 0.2) is 59.1 Å². The number of rotatable bonds is 2. The van der Waals surface area contributed by atoms with Crippen LogP contribution in [0, 0.1) is 17.6 Å². The smallest absolute Gasteiger partial charge is 0.226 e. The van der Waals surface area contributed by atoms with Crippen LogP contribution in [0.3, 0.4) is 0 Å². The minimum absolute atomic E-state index is 0.0581. The third-order valence-corrected chi connectivity index (χ3v) is 5.03. The Hall–Kier alpha value is -3.29. The number of hydrogen-bond acceptors (Lipinski definition) is 5. The van der Waals surface area contributed by atoms with E-state index in [0.717, 1.165) is 6.07 Å². The zero-order valence-corrected chi connectivity index (χ0v) is 14.0. The Morgan fingerprint density at radius 2 is 2.04 bits per heavy atom. The zero-order valence-electron chi connectivity index (χ0n) is 14.0. The molecule has 0 spiro atoms. The van der Waals surface area contributed by atoms with Gasteiger partial charge in [-0.15, -0.1) is 0 Å². The molecule has 1 aliphatic carbocycles. The lowest BCUT2D eigenvalue weighted by Crippen LogP contribution is -2.40. The highest BCUT2D eigenvalue weighted by Gasteiger charge is 2.43. The summed E-state index contributed by atoms with van der Waals surface area (Å²) in [6, 6.07) is 6.18. The van der Waals surface area contributed by atoms with Gasteiger partial charge < -0.3 is 9.73 Å². The van der Waals surface area contributed by atoms with Crippen molar-refractivity contribution in [1.29, 1.82) is 0 Å². The van der Waals surface area contributed by atoms with E-state index in [9.17, 15) is 13.6 Å². The molecule has 2 aromatic heterocycles. The number of carbonyl (C=O) groups is 1. The van der Waals surface area contributed by atoms with Crippen LogP contribution in [0.5, 0.6) is 0 Å². The first-order valence-electron chi connectivity index (χ1n) is 8.50. The molecule has 2 aliphatic rings. The molecule has 0 saturated heterocycles. The van der Waals surface area contributed by atoms with Crippen LogP contribution in [0.2, 0.25) is 0 Å². The van der Waals surface area contributed by atoms with Gasteiger partial charge in [0.2, 0.25) is 5.95 Å². The van der Waals surface area contributed by atoms with Crippen molar-refractivity contribution < 1.29 is 18.0 Å². The zero-order chi connectivity index (χ0) is 18.5. The third kappa shape index (κ3) is 2.56. The van der Waals surface area contributed by atoms with Gasteiger partial charge in [-0.2, -0.15) is 10.1 Å². The summed E-state index contributed by atoms with van der Waals surface area (Å²) in [7, 11) is 0. The SMILES string of the molecule is O=C1C[C@H](c2ccco2)C=C2Nc3ncnn3[C@H](c3cc(F)cc(F)c3)[C@@H]12. The molecule has 0 unspecified atom stereocenters. The molecule has 27 heavy (non-hydrogen) atoms. The molecular formula is C19H14F2N4O2. The summed E-state index contributed by atoms with van der Waals surface area (Å²) in [6.45, 7) is 0. The number of nitrogens with one attached hydrogen (secondary N) is 1. The van der Waals surface area contributed by atoms with Crippen molar-refractivity contribution in [3.8, 4) is 0 Å². The van der Waals surface area contributed by atoms with E-state index in [1.807, 2.05) is 12.1 Å². The Bertz CT molecular complexity index is 1040. The maximum absolute atomic E-state index is 13.8. The molecule has 136 valence electrons. The molecular weight excluding hydrogens is 354 g/mol. The minimum Gasteiger partial charge on any atom is -0.469 e. The van der Waals surface area contributed by atoms with E-state index in [2.05, 4.69) is 15.4 Å². The number of ketones is 1. The Morgan fingerprint density at radius 1 is 1.22 bits per heavy atom. The first-order chi connectivity index (χ1) is 13.1. The number of allylic oxidation sites excluding steroid dienone is 2. The summed E-state index contributed by atoms with van der Waals surface area (Å²) in [5, 5.41) is 7.30. The minimum atomic E-state index is -0.701. The molecule has 5 rings (SSSR count). The second kappa shape index (κ2) is 5.87.